The molecule has 0 aliphatic heterocycles. The molecule has 4 rings (SSSR count). The fraction of sp³-hybridized carbons (Fsp3) is 0.333. The molecule has 1 saturated carbocycles. The molecule has 1 fully saturated rings. The van der Waals surface area contributed by atoms with Crippen molar-refractivity contribution in [3.8, 4) is 5.75 Å². The molecule has 1 N–H and O–H groups in total. The second kappa shape index (κ2) is 11.5. The molecule has 5 nitrogen and oxygen atoms in total. The normalized spacial score (nSPS) is 14.5. The first-order valence-corrected chi connectivity index (χ1v) is 12.8. The van der Waals surface area contributed by atoms with Crippen LogP contribution in [-0.2, 0) is 22.6 Å². The molecule has 1 atom stereocenters. The van der Waals surface area contributed by atoms with Crippen molar-refractivity contribution >= 4 is 34.8 Å². The Kier molecular flexibility index (Phi) is 8.25. The van der Waals surface area contributed by atoms with Crippen LogP contribution in [0.4, 0.5) is 0 Å². The maximum absolute atomic E-state index is 13.8. The van der Waals surface area contributed by atoms with Crippen molar-refractivity contribution in [2.24, 2.45) is 0 Å². The highest BCUT2D eigenvalue weighted by Gasteiger charge is 2.35. The topological polar surface area (TPSA) is 58.6 Å². The lowest BCUT2D eigenvalue weighted by Crippen LogP contribution is -2.46. The Labute approximate surface area is 209 Å². The van der Waals surface area contributed by atoms with Crippen LogP contribution >= 0.6 is 22.9 Å². The lowest BCUT2D eigenvalue weighted by atomic mass is 10.0. The number of para-hydroxylation sites is 1. The zero-order valence-electron chi connectivity index (χ0n) is 19.2. The largest absolute Gasteiger partial charge is 0.496 e. The molecule has 1 aromatic heterocycles. The number of thiophene rings is 1. The summed E-state index contributed by atoms with van der Waals surface area (Å²) in [6.07, 6.45) is 4.33. The maximum Gasteiger partial charge on any atom is 0.247 e. The number of rotatable bonds is 9. The van der Waals surface area contributed by atoms with Crippen molar-refractivity contribution in [1.29, 1.82) is 0 Å². The minimum atomic E-state index is -0.855. The zero-order valence-corrected chi connectivity index (χ0v) is 20.8. The lowest BCUT2D eigenvalue weighted by molar-refractivity contribution is -0.141. The Hall–Kier alpha value is -2.83. The van der Waals surface area contributed by atoms with Crippen LogP contribution in [0.15, 0.2) is 66.0 Å². The molecule has 2 amide bonds. The van der Waals surface area contributed by atoms with E-state index in [0.717, 1.165) is 36.1 Å². The molecule has 0 bridgehead atoms. The van der Waals surface area contributed by atoms with Gasteiger partial charge in [-0.3, -0.25) is 9.59 Å². The third-order valence-corrected chi connectivity index (χ3v) is 7.44. The van der Waals surface area contributed by atoms with Crippen LogP contribution in [0.3, 0.4) is 0 Å². The Morgan fingerprint density at radius 2 is 1.82 bits per heavy atom. The monoisotopic (exact) mass is 496 g/mol. The van der Waals surface area contributed by atoms with Gasteiger partial charge in [0, 0.05) is 27.1 Å². The molecule has 1 heterocycles. The number of ether oxygens (including phenoxy) is 1. The van der Waals surface area contributed by atoms with Crippen LogP contribution in [0, 0.1) is 0 Å². The van der Waals surface area contributed by atoms with E-state index in [9.17, 15) is 9.59 Å². The summed E-state index contributed by atoms with van der Waals surface area (Å²) in [6, 6.07) is 18.0. The quantitative estimate of drug-likeness (QED) is 0.408. The SMILES string of the molecule is COc1ccccc1CN(C(=O)Cc1cccs1)C(C(=O)NC1CCCC1)c1ccccc1Cl. The van der Waals surface area contributed by atoms with Gasteiger partial charge in [-0.25, -0.2) is 0 Å². The molecule has 34 heavy (non-hydrogen) atoms. The smallest absolute Gasteiger partial charge is 0.247 e. The first-order chi connectivity index (χ1) is 16.6. The number of benzene rings is 2. The number of hydrogen-bond donors (Lipinski definition) is 1. The van der Waals surface area contributed by atoms with Crippen LogP contribution in [0.2, 0.25) is 5.02 Å². The highest BCUT2D eigenvalue weighted by molar-refractivity contribution is 7.10. The number of halogens is 1. The van der Waals surface area contributed by atoms with Crippen LogP contribution in [0.1, 0.15) is 47.7 Å². The predicted molar refractivity (Wildman–Crippen MR) is 136 cm³/mol. The summed E-state index contributed by atoms with van der Waals surface area (Å²) in [7, 11) is 1.61. The second-order valence-electron chi connectivity index (χ2n) is 8.50. The van der Waals surface area contributed by atoms with Gasteiger partial charge in [0.2, 0.25) is 11.8 Å². The Morgan fingerprint density at radius 1 is 1.09 bits per heavy atom. The fourth-order valence-corrected chi connectivity index (χ4v) is 5.44. The first-order valence-electron chi connectivity index (χ1n) is 11.6. The summed E-state index contributed by atoms with van der Waals surface area (Å²) in [5.74, 6) is 0.333. The molecule has 7 heteroatoms. The Morgan fingerprint density at radius 3 is 2.53 bits per heavy atom. The summed E-state index contributed by atoms with van der Waals surface area (Å²) in [6.45, 7) is 0.224. The van der Waals surface area contributed by atoms with E-state index in [2.05, 4.69) is 5.32 Å². The van der Waals surface area contributed by atoms with Crippen molar-refractivity contribution in [2.45, 2.75) is 50.7 Å². The van der Waals surface area contributed by atoms with Gasteiger partial charge in [-0.1, -0.05) is 66.9 Å². The molecule has 3 aromatic rings. The van der Waals surface area contributed by atoms with Gasteiger partial charge in [0.25, 0.3) is 0 Å². The Balaban J connectivity index is 1.74. The van der Waals surface area contributed by atoms with Crippen molar-refractivity contribution in [3.05, 3.63) is 87.1 Å². The molecule has 1 unspecified atom stereocenters. The minimum Gasteiger partial charge on any atom is -0.496 e. The van der Waals surface area contributed by atoms with E-state index in [1.807, 2.05) is 60.0 Å². The van der Waals surface area contributed by atoms with Crippen molar-refractivity contribution in [2.75, 3.05) is 7.11 Å². The highest BCUT2D eigenvalue weighted by Crippen LogP contribution is 2.32. The third-order valence-electron chi connectivity index (χ3n) is 6.22. The third kappa shape index (κ3) is 5.80. The van der Waals surface area contributed by atoms with Crippen LogP contribution in [-0.4, -0.2) is 29.9 Å². The number of nitrogens with one attached hydrogen (secondary N) is 1. The molecule has 2 aromatic carbocycles. The van der Waals surface area contributed by atoms with E-state index < -0.39 is 6.04 Å². The van der Waals surface area contributed by atoms with Crippen LogP contribution < -0.4 is 10.1 Å². The number of nitrogens with zero attached hydrogens (tertiary/aromatic N) is 1. The van der Waals surface area contributed by atoms with Crippen LogP contribution in [0.25, 0.3) is 0 Å². The molecule has 1 aliphatic rings. The highest BCUT2D eigenvalue weighted by atomic mass is 35.5. The van der Waals surface area contributed by atoms with Gasteiger partial charge in [-0.15, -0.1) is 11.3 Å². The van der Waals surface area contributed by atoms with Gasteiger partial charge < -0.3 is 15.0 Å². The average molecular weight is 497 g/mol. The summed E-state index contributed by atoms with van der Waals surface area (Å²) in [4.78, 5) is 30.1. The van der Waals surface area contributed by atoms with Gasteiger partial charge in [-0.2, -0.15) is 0 Å². The molecular formula is C27H29ClN2O3S. The molecule has 1 aliphatic carbocycles. The van der Waals surface area contributed by atoms with Gasteiger partial charge >= 0.3 is 0 Å². The number of carbonyl (C=O) groups is 2. The van der Waals surface area contributed by atoms with E-state index in [0.29, 0.717) is 16.3 Å². The molecule has 0 radical (unpaired) electrons. The number of amides is 2. The van der Waals surface area contributed by atoms with Crippen molar-refractivity contribution in [3.63, 3.8) is 0 Å². The Bertz CT molecular complexity index is 1110. The van der Waals surface area contributed by atoms with Gasteiger partial charge in [0.15, 0.2) is 0 Å². The maximum atomic E-state index is 13.8. The number of carbonyl (C=O) groups excluding carboxylic acids is 2. The summed E-state index contributed by atoms with van der Waals surface area (Å²) in [5, 5.41) is 5.60. The average Bonchev–Trinajstić information content (AvgIpc) is 3.54. The van der Waals surface area contributed by atoms with E-state index in [1.54, 1.807) is 18.1 Å². The summed E-state index contributed by atoms with van der Waals surface area (Å²) in [5.41, 5.74) is 1.45. The molecule has 178 valence electrons. The van der Waals surface area contributed by atoms with E-state index in [4.69, 9.17) is 16.3 Å². The van der Waals surface area contributed by atoms with E-state index in [1.165, 1.54) is 11.3 Å². The van der Waals surface area contributed by atoms with Gasteiger partial charge in [0.05, 0.1) is 20.1 Å². The molecular weight excluding hydrogens is 468 g/mol. The first kappa shape index (κ1) is 24.3. The van der Waals surface area contributed by atoms with Crippen molar-refractivity contribution in [1.82, 2.24) is 10.2 Å². The standard InChI is InChI=1S/C27H29ClN2O3S/c1-33-24-15-7-2-9-19(24)18-30(25(31)17-21-12-8-16-34-21)26(22-13-5-6-14-23(22)28)27(32)29-20-10-3-4-11-20/h2,5-9,12-16,20,26H,3-4,10-11,17-18H2,1H3,(H,29,32). The summed E-state index contributed by atoms with van der Waals surface area (Å²) < 4.78 is 5.55. The number of hydrogen-bond acceptors (Lipinski definition) is 4. The minimum absolute atomic E-state index is 0.123. The number of methoxy groups -OCH3 is 1. The van der Waals surface area contributed by atoms with Gasteiger partial charge in [-0.05, 0) is 36.4 Å². The van der Waals surface area contributed by atoms with Gasteiger partial charge in [0.1, 0.15) is 11.8 Å². The molecule has 0 saturated heterocycles. The zero-order chi connectivity index (χ0) is 23.9. The molecule has 0 spiro atoms. The van der Waals surface area contributed by atoms with E-state index >= 15 is 0 Å². The fourth-order valence-electron chi connectivity index (χ4n) is 4.50. The predicted octanol–water partition coefficient (Wildman–Crippen LogP) is 5.78. The lowest BCUT2D eigenvalue weighted by Gasteiger charge is -2.33. The van der Waals surface area contributed by atoms with Crippen LogP contribution in [0.5, 0.6) is 5.75 Å². The summed E-state index contributed by atoms with van der Waals surface area (Å²) >= 11 is 8.12. The van der Waals surface area contributed by atoms with Crippen molar-refractivity contribution < 1.29 is 14.3 Å². The van der Waals surface area contributed by atoms with E-state index in [-0.39, 0.29) is 30.8 Å². The second-order valence-corrected chi connectivity index (χ2v) is 9.94.